The molecule has 1 saturated heterocycles. The number of hydrogen-bond acceptors (Lipinski definition) is 7. The number of carbonyl (C=O) groups is 2. The number of ether oxygens (including phenoxy) is 1. The topological polar surface area (TPSA) is 120 Å². The number of esters is 1. The number of hydrogen-bond donors (Lipinski definition) is 1. The summed E-state index contributed by atoms with van der Waals surface area (Å²) >= 11 is 0. The normalized spacial score (nSPS) is 20.5. The maximum absolute atomic E-state index is 14.0. The molecule has 2 heterocycles. The fraction of sp³-hybridized carbons (Fsp3) is 0.483. The monoisotopic (exact) mass is 552 g/mol. The van der Waals surface area contributed by atoms with Crippen LogP contribution in [0.4, 0.5) is 0 Å². The highest BCUT2D eigenvalue weighted by atomic mass is 32.2. The predicted molar refractivity (Wildman–Crippen MR) is 146 cm³/mol. The Kier molecular flexibility index (Phi) is 9.05. The van der Waals surface area contributed by atoms with Crippen LogP contribution >= 0.6 is 0 Å². The third-order valence-corrected chi connectivity index (χ3v) is 8.96. The lowest BCUT2D eigenvalue weighted by Gasteiger charge is -2.38. The summed E-state index contributed by atoms with van der Waals surface area (Å²) in [6, 6.07) is 12.0. The number of rotatable bonds is 8. The van der Waals surface area contributed by atoms with Crippen molar-refractivity contribution >= 4 is 21.9 Å². The van der Waals surface area contributed by atoms with Crippen LogP contribution in [0.3, 0.4) is 0 Å². The Morgan fingerprint density at radius 2 is 1.97 bits per heavy atom. The number of amides is 1. The number of benzene rings is 2. The lowest BCUT2D eigenvalue weighted by molar-refractivity contribution is -0.158. The van der Waals surface area contributed by atoms with Crippen LogP contribution in [-0.4, -0.2) is 68.9 Å². The predicted octanol–water partition coefficient (Wildman–Crippen LogP) is 2.63. The molecule has 39 heavy (non-hydrogen) atoms. The number of fused-ring (bicyclic) bond motifs is 1. The zero-order valence-electron chi connectivity index (χ0n) is 22.7. The first-order chi connectivity index (χ1) is 18.6. The molecule has 0 aliphatic carbocycles. The van der Waals surface area contributed by atoms with E-state index in [0.717, 1.165) is 24.1 Å². The van der Waals surface area contributed by atoms with Crippen molar-refractivity contribution in [3.8, 4) is 6.07 Å². The quantitative estimate of drug-likeness (QED) is 0.500. The first-order valence-corrected chi connectivity index (χ1v) is 14.9. The SMILES string of the molecule is CCOC(=O)[C@H]1C[C@H](C)CCN1C(=O)[C@@H](Cc1cccc(C#N)c1)NS(=O)(=O)c1ccc2c(c1)CN(C)CC2. The number of nitrogens with one attached hydrogen (secondary N) is 1. The van der Waals surface area contributed by atoms with Crippen LogP contribution in [0.2, 0.25) is 0 Å². The molecule has 1 fully saturated rings. The van der Waals surface area contributed by atoms with E-state index in [1.807, 2.05) is 20.0 Å². The second-order valence-electron chi connectivity index (χ2n) is 10.5. The van der Waals surface area contributed by atoms with E-state index in [0.29, 0.717) is 37.1 Å². The standard InChI is InChI=1S/C29H36N4O5S/c1-4-38-29(35)27-14-20(2)10-13-33(27)28(34)26(16-21-6-5-7-22(15-21)18-30)31-39(36,37)25-9-8-23-11-12-32(3)19-24(23)17-25/h5-9,15,17,20,26-27,31H,4,10-14,16,19H2,1-3H3/t20-,26-,27-/m1/s1. The Hall–Kier alpha value is -3.26. The van der Waals surface area contributed by atoms with Crippen molar-refractivity contribution in [3.05, 3.63) is 64.7 Å². The Labute approximate surface area is 230 Å². The first kappa shape index (κ1) is 28.7. The number of likely N-dealkylation sites (N-methyl/N-ethyl adjacent to an activating group) is 1. The van der Waals surface area contributed by atoms with Gasteiger partial charge in [0.15, 0.2) is 0 Å². The van der Waals surface area contributed by atoms with Crippen molar-refractivity contribution in [1.82, 2.24) is 14.5 Å². The molecule has 0 radical (unpaired) electrons. The van der Waals surface area contributed by atoms with Crippen molar-refractivity contribution in [2.24, 2.45) is 5.92 Å². The largest absolute Gasteiger partial charge is 0.464 e. The lowest BCUT2D eigenvalue weighted by Crippen LogP contribution is -2.57. The van der Waals surface area contributed by atoms with E-state index in [9.17, 15) is 23.3 Å². The van der Waals surface area contributed by atoms with Crippen molar-refractivity contribution in [3.63, 3.8) is 0 Å². The summed E-state index contributed by atoms with van der Waals surface area (Å²) in [5.74, 6) is -0.743. The average molecular weight is 553 g/mol. The highest BCUT2D eigenvalue weighted by molar-refractivity contribution is 7.89. The molecule has 9 nitrogen and oxygen atoms in total. The molecule has 0 spiro atoms. The van der Waals surface area contributed by atoms with Crippen LogP contribution in [0.5, 0.6) is 0 Å². The Morgan fingerprint density at radius 3 is 2.72 bits per heavy atom. The maximum atomic E-state index is 14.0. The molecule has 2 aromatic rings. The molecule has 2 aliphatic rings. The molecule has 1 N–H and O–H groups in total. The van der Waals surface area contributed by atoms with E-state index in [1.54, 1.807) is 43.3 Å². The van der Waals surface area contributed by atoms with Gasteiger partial charge in [-0.2, -0.15) is 9.98 Å². The summed E-state index contributed by atoms with van der Waals surface area (Å²) in [7, 11) is -2.09. The number of nitrogens with zero attached hydrogens (tertiary/aromatic N) is 3. The second kappa shape index (κ2) is 12.3. The number of sulfonamides is 1. The number of carbonyl (C=O) groups excluding carboxylic acids is 2. The van der Waals surface area contributed by atoms with Crippen LogP contribution in [-0.2, 0) is 43.7 Å². The molecule has 1 amide bonds. The molecule has 0 unspecified atom stereocenters. The summed E-state index contributed by atoms with van der Waals surface area (Å²) in [5.41, 5.74) is 3.12. The fourth-order valence-electron chi connectivity index (χ4n) is 5.35. The molecule has 3 atom stereocenters. The van der Waals surface area contributed by atoms with Gasteiger partial charge < -0.3 is 14.5 Å². The summed E-state index contributed by atoms with van der Waals surface area (Å²) in [6.07, 6.45) is 2.02. The molecular weight excluding hydrogens is 516 g/mol. The van der Waals surface area contributed by atoms with E-state index < -0.39 is 34.0 Å². The van der Waals surface area contributed by atoms with Gasteiger partial charge in [0.05, 0.1) is 23.1 Å². The van der Waals surface area contributed by atoms with Crippen LogP contribution in [0.25, 0.3) is 0 Å². The third kappa shape index (κ3) is 6.85. The summed E-state index contributed by atoms with van der Waals surface area (Å²) in [4.78, 5) is 30.5. The lowest BCUT2D eigenvalue weighted by atomic mass is 9.91. The zero-order chi connectivity index (χ0) is 28.2. The van der Waals surface area contributed by atoms with Gasteiger partial charge in [0.2, 0.25) is 15.9 Å². The van der Waals surface area contributed by atoms with Crippen molar-refractivity contribution in [1.29, 1.82) is 5.26 Å². The van der Waals surface area contributed by atoms with Crippen LogP contribution in [0.1, 0.15) is 48.9 Å². The maximum Gasteiger partial charge on any atom is 0.328 e. The molecule has 0 bridgehead atoms. The van der Waals surface area contributed by atoms with E-state index in [2.05, 4.69) is 15.7 Å². The number of likely N-dealkylation sites (tertiary alicyclic amines) is 1. The molecule has 2 aliphatic heterocycles. The van der Waals surface area contributed by atoms with Crippen LogP contribution in [0, 0.1) is 17.2 Å². The van der Waals surface area contributed by atoms with Gasteiger partial charge in [-0.05, 0) is 86.5 Å². The number of piperidine rings is 1. The van der Waals surface area contributed by atoms with Crippen molar-refractivity contribution in [2.45, 2.75) is 63.1 Å². The van der Waals surface area contributed by atoms with E-state index in [4.69, 9.17) is 4.74 Å². The van der Waals surface area contributed by atoms with E-state index in [1.165, 1.54) is 4.90 Å². The van der Waals surface area contributed by atoms with Gasteiger partial charge in [-0.25, -0.2) is 13.2 Å². The molecule has 0 aromatic heterocycles. The molecule has 0 saturated carbocycles. The average Bonchev–Trinajstić information content (AvgIpc) is 2.92. The molecule has 10 heteroatoms. The smallest absolute Gasteiger partial charge is 0.328 e. The van der Waals surface area contributed by atoms with Gasteiger partial charge in [-0.15, -0.1) is 0 Å². The molecule has 2 aromatic carbocycles. The van der Waals surface area contributed by atoms with Gasteiger partial charge in [0, 0.05) is 19.6 Å². The van der Waals surface area contributed by atoms with Crippen molar-refractivity contribution in [2.75, 3.05) is 26.7 Å². The summed E-state index contributed by atoms with van der Waals surface area (Å²) in [6.45, 7) is 5.81. The minimum absolute atomic E-state index is 0.0306. The minimum Gasteiger partial charge on any atom is -0.464 e. The van der Waals surface area contributed by atoms with Gasteiger partial charge in [0.25, 0.3) is 0 Å². The van der Waals surface area contributed by atoms with Gasteiger partial charge in [0.1, 0.15) is 12.1 Å². The van der Waals surface area contributed by atoms with Gasteiger partial charge in [-0.1, -0.05) is 25.1 Å². The van der Waals surface area contributed by atoms with Crippen LogP contribution < -0.4 is 4.72 Å². The number of nitriles is 1. The molecule has 208 valence electrons. The fourth-order valence-corrected chi connectivity index (χ4v) is 6.59. The minimum atomic E-state index is -4.09. The van der Waals surface area contributed by atoms with Gasteiger partial charge >= 0.3 is 5.97 Å². The molecule has 4 rings (SSSR count). The third-order valence-electron chi connectivity index (χ3n) is 7.49. The second-order valence-corrected chi connectivity index (χ2v) is 12.3. The van der Waals surface area contributed by atoms with E-state index in [-0.39, 0.29) is 23.8 Å². The molecular formula is C29H36N4O5S. The van der Waals surface area contributed by atoms with Crippen molar-refractivity contribution < 1.29 is 22.7 Å². The van der Waals surface area contributed by atoms with Gasteiger partial charge in [-0.3, -0.25) is 4.79 Å². The Bertz CT molecular complexity index is 1370. The van der Waals surface area contributed by atoms with E-state index >= 15 is 0 Å². The Morgan fingerprint density at radius 1 is 1.18 bits per heavy atom. The highest BCUT2D eigenvalue weighted by Gasteiger charge is 2.39. The van der Waals surface area contributed by atoms with Crippen LogP contribution in [0.15, 0.2) is 47.4 Å². The summed E-state index contributed by atoms with van der Waals surface area (Å²) < 4.78 is 35.2. The summed E-state index contributed by atoms with van der Waals surface area (Å²) in [5, 5.41) is 9.34. The zero-order valence-corrected chi connectivity index (χ0v) is 23.5. The highest BCUT2D eigenvalue weighted by Crippen LogP contribution is 2.26. The first-order valence-electron chi connectivity index (χ1n) is 13.4. The Balaban J connectivity index is 1.66.